The van der Waals surface area contributed by atoms with Crippen molar-refractivity contribution in [3.05, 3.63) is 29.0 Å². The molecule has 4 heteroatoms. The molecule has 0 bridgehead atoms. The molecule has 1 N–H and O–H groups in total. The highest BCUT2D eigenvalue weighted by Gasteiger charge is 2.09. The fourth-order valence-corrected chi connectivity index (χ4v) is 1.08. The lowest BCUT2D eigenvalue weighted by Gasteiger charge is -2.08. The van der Waals surface area contributed by atoms with Gasteiger partial charge in [0.15, 0.2) is 0 Å². The largest absolute Gasteiger partial charge is 0.325 e. The number of nitrogens with one attached hydrogen (secondary N) is 1. The molecular weight excluding hydrogens is 205 g/mol. The van der Waals surface area contributed by atoms with E-state index < -0.39 is 5.82 Å². The molecule has 76 valence electrons. The molecule has 1 rings (SSSR count). The second-order valence-corrected chi connectivity index (χ2v) is 3.68. The van der Waals surface area contributed by atoms with Gasteiger partial charge in [0.2, 0.25) is 5.91 Å². The standard InChI is InChI=1S/C10H11ClFNO/c1-6(2)10(14)13-9-4-3-7(12)5-8(9)11/h3-6H,1-2H3,(H,13,14). The summed E-state index contributed by atoms with van der Waals surface area (Å²) in [6.45, 7) is 3.54. The zero-order valence-corrected chi connectivity index (χ0v) is 8.73. The predicted molar refractivity (Wildman–Crippen MR) is 54.9 cm³/mol. The first-order valence-electron chi connectivity index (χ1n) is 4.26. The number of benzene rings is 1. The first-order chi connectivity index (χ1) is 6.50. The van der Waals surface area contributed by atoms with E-state index in [0.717, 1.165) is 6.07 Å². The SMILES string of the molecule is CC(C)C(=O)Nc1ccc(F)cc1Cl. The Morgan fingerprint density at radius 1 is 1.50 bits per heavy atom. The molecule has 0 aliphatic heterocycles. The maximum absolute atomic E-state index is 12.6. The Balaban J connectivity index is 2.82. The molecule has 0 aliphatic carbocycles. The van der Waals surface area contributed by atoms with Gasteiger partial charge in [0, 0.05) is 5.92 Å². The van der Waals surface area contributed by atoms with Crippen molar-refractivity contribution in [2.45, 2.75) is 13.8 Å². The highest BCUT2D eigenvalue weighted by molar-refractivity contribution is 6.33. The van der Waals surface area contributed by atoms with Gasteiger partial charge >= 0.3 is 0 Å². The van der Waals surface area contributed by atoms with Crippen LogP contribution in [0.3, 0.4) is 0 Å². The molecule has 0 unspecified atom stereocenters. The molecule has 0 radical (unpaired) electrons. The molecule has 1 amide bonds. The Labute approximate surface area is 87.1 Å². The van der Waals surface area contributed by atoms with Crippen LogP contribution in [0.1, 0.15) is 13.8 Å². The van der Waals surface area contributed by atoms with Crippen LogP contribution in [-0.4, -0.2) is 5.91 Å². The van der Waals surface area contributed by atoms with Gasteiger partial charge in [-0.05, 0) is 18.2 Å². The van der Waals surface area contributed by atoms with Gasteiger partial charge in [-0.15, -0.1) is 0 Å². The van der Waals surface area contributed by atoms with Gasteiger partial charge in [0.05, 0.1) is 10.7 Å². The number of anilines is 1. The lowest BCUT2D eigenvalue weighted by molar-refractivity contribution is -0.118. The number of halogens is 2. The van der Waals surface area contributed by atoms with Crippen LogP contribution in [-0.2, 0) is 4.79 Å². The highest BCUT2D eigenvalue weighted by atomic mass is 35.5. The maximum Gasteiger partial charge on any atom is 0.226 e. The van der Waals surface area contributed by atoms with Crippen molar-refractivity contribution in [3.8, 4) is 0 Å². The van der Waals surface area contributed by atoms with Crippen molar-refractivity contribution in [2.75, 3.05) is 5.32 Å². The van der Waals surface area contributed by atoms with E-state index in [-0.39, 0.29) is 16.8 Å². The van der Waals surface area contributed by atoms with Crippen LogP contribution in [0.25, 0.3) is 0 Å². The normalized spacial score (nSPS) is 10.4. The van der Waals surface area contributed by atoms with Gasteiger partial charge < -0.3 is 5.32 Å². The van der Waals surface area contributed by atoms with Crippen molar-refractivity contribution in [3.63, 3.8) is 0 Å². The molecule has 0 aromatic heterocycles. The average Bonchev–Trinajstić information content (AvgIpc) is 2.09. The maximum atomic E-state index is 12.6. The van der Waals surface area contributed by atoms with Crippen molar-refractivity contribution in [1.82, 2.24) is 0 Å². The van der Waals surface area contributed by atoms with Crippen molar-refractivity contribution in [1.29, 1.82) is 0 Å². The summed E-state index contributed by atoms with van der Waals surface area (Å²) in [5.74, 6) is -0.688. The van der Waals surface area contributed by atoms with E-state index in [9.17, 15) is 9.18 Å². The monoisotopic (exact) mass is 215 g/mol. The van der Waals surface area contributed by atoms with Gasteiger partial charge in [-0.2, -0.15) is 0 Å². The first kappa shape index (κ1) is 11.0. The fourth-order valence-electron chi connectivity index (χ4n) is 0.868. The molecule has 14 heavy (non-hydrogen) atoms. The van der Waals surface area contributed by atoms with E-state index in [2.05, 4.69) is 5.32 Å². The van der Waals surface area contributed by atoms with E-state index in [4.69, 9.17) is 11.6 Å². The minimum absolute atomic E-state index is 0.129. The van der Waals surface area contributed by atoms with Crippen LogP contribution < -0.4 is 5.32 Å². The highest BCUT2D eigenvalue weighted by Crippen LogP contribution is 2.22. The van der Waals surface area contributed by atoms with Gasteiger partial charge in [-0.3, -0.25) is 4.79 Å². The molecule has 0 heterocycles. The van der Waals surface area contributed by atoms with Crippen molar-refractivity contribution >= 4 is 23.2 Å². The van der Waals surface area contributed by atoms with Crippen LogP contribution in [0.5, 0.6) is 0 Å². The lowest BCUT2D eigenvalue weighted by atomic mass is 10.2. The lowest BCUT2D eigenvalue weighted by Crippen LogP contribution is -2.17. The smallest absolute Gasteiger partial charge is 0.226 e. The molecule has 0 atom stereocenters. The summed E-state index contributed by atoms with van der Waals surface area (Å²) in [5.41, 5.74) is 0.437. The topological polar surface area (TPSA) is 29.1 Å². The summed E-state index contributed by atoms with van der Waals surface area (Å²) < 4.78 is 12.6. The van der Waals surface area contributed by atoms with Gasteiger partial charge in [0.25, 0.3) is 0 Å². The molecule has 0 saturated heterocycles. The molecule has 1 aromatic carbocycles. The fraction of sp³-hybridized carbons (Fsp3) is 0.300. The summed E-state index contributed by atoms with van der Waals surface area (Å²) >= 11 is 5.72. The molecule has 1 aromatic rings. The van der Waals surface area contributed by atoms with E-state index in [1.807, 2.05) is 0 Å². The minimum atomic E-state index is -0.419. The molecule has 0 spiro atoms. The zero-order chi connectivity index (χ0) is 10.7. The predicted octanol–water partition coefficient (Wildman–Crippen LogP) is 3.07. The Morgan fingerprint density at radius 3 is 2.64 bits per heavy atom. The summed E-state index contributed by atoms with van der Waals surface area (Å²) in [5, 5.41) is 2.81. The van der Waals surface area contributed by atoms with E-state index in [0.29, 0.717) is 5.69 Å². The van der Waals surface area contributed by atoms with Crippen molar-refractivity contribution < 1.29 is 9.18 Å². The van der Waals surface area contributed by atoms with Crippen LogP contribution >= 0.6 is 11.6 Å². The van der Waals surface area contributed by atoms with Crippen LogP contribution in [0.15, 0.2) is 18.2 Å². The summed E-state index contributed by atoms with van der Waals surface area (Å²) in [6, 6.07) is 3.86. The molecule has 0 saturated carbocycles. The average molecular weight is 216 g/mol. The number of rotatable bonds is 2. The second kappa shape index (κ2) is 4.42. The number of carbonyl (C=O) groups is 1. The molecule has 2 nitrogen and oxygen atoms in total. The third kappa shape index (κ3) is 2.70. The Morgan fingerprint density at radius 2 is 2.14 bits per heavy atom. The summed E-state index contributed by atoms with van der Waals surface area (Å²) in [6.07, 6.45) is 0. The van der Waals surface area contributed by atoms with Gasteiger partial charge in [0.1, 0.15) is 5.82 Å². The van der Waals surface area contributed by atoms with E-state index in [1.165, 1.54) is 12.1 Å². The number of amides is 1. The Kier molecular flexibility index (Phi) is 3.47. The third-order valence-electron chi connectivity index (χ3n) is 1.71. The van der Waals surface area contributed by atoms with E-state index >= 15 is 0 Å². The second-order valence-electron chi connectivity index (χ2n) is 3.27. The Bertz CT molecular complexity index is 352. The summed E-state index contributed by atoms with van der Waals surface area (Å²) in [4.78, 5) is 11.3. The molecule has 0 fully saturated rings. The zero-order valence-electron chi connectivity index (χ0n) is 7.97. The van der Waals surface area contributed by atoms with Crippen molar-refractivity contribution in [2.24, 2.45) is 5.92 Å². The Hall–Kier alpha value is -1.09. The van der Waals surface area contributed by atoms with Crippen LogP contribution in [0.4, 0.5) is 10.1 Å². The minimum Gasteiger partial charge on any atom is -0.325 e. The number of hydrogen-bond donors (Lipinski definition) is 1. The molecule has 0 aliphatic rings. The quantitative estimate of drug-likeness (QED) is 0.807. The van der Waals surface area contributed by atoms with Crippen LogP contribution in [0, 0.1) is 11.7 Å². The molecular formula is C10H11ClFNO. The number of carbonyl (C=O) groups excluding carboxylic acids is 1. The third-order valence-corrected chi connectivity index (χ3v) is 2.03. The van der Waals surface area contributed by atoms with Crippen LogP contribution in [0.2, 0.25) is 5.02 Å². The first-order valence-corrected chi connectivity index (χ1v) is 4.64. The summed E-state index contributed by atoms with van der Waals surface area (Å²) in [7, 11) is 0. The number of hydrogen-bond acceptors (Lipinski definition) is 1. The van der Waals surface area contributed by atoms with E-state index in [1.54, 1.807) is 13.8 Å². The van der Waals surface area contributed by atoms with Gasteiger partial charge in [-0.25, -0.2) is 4.39 Å². The van der Waals surface area contributed by atoms with Gasteiger partial charge in [-0.1, -0.05) is 25.4 Å².